The van der Waals surface area contributed by atoms with E-state index < -0.39 is 0 Å². The zero-order valence-electron chi connectivity index (χ0n) is 10.2. The second kappa shape index (κ2) is 7.44. The maximum absolute atomic E-state index is 11.7. The Morgan fingerprint density at radius 1 is 1.50 bits per heavy atom. The molecule has 0 bridgehead atoms. The summed E-state index contributed by atoms with van der Waals surface area (Å²) in [6.45, 7) is 2.87. The third-order valence-corrected chi connectivity index (χ3v) is 3.16. The zero-order valence-corrected chi connectivity index (χ0v) is 10.2. The van der Waals surface area contributed by atoms with Crippen molar-refractivity contribution in [3.63, 3.8) is 0 Å². The molecule has 0 spiro atoms. The van der Waals surface area contributed by atoms with Crippen molar-refractivity contribution in [1.82, 2.24) is 5.32 Å². The van der Waals surface area contributed by atoms with E-state index in [1.807, 2.05) is 0 Å². The van der Waals surface area contributed by atoms with Crippen LogP contribution in [0.15, 0.2) is 12.2 Å². The number of amides is 1. The minimum absolute atomic E-state index is 0.198. The minimum atomic E-state index is 0.198. The third-order valence-electron chi connectivity index (χ3n) is 3.16. The Labute approximate surface area is 98.5 Å². The lowest BCUT2D eigenvalue weighted by molar-refractivity contribution is -0.122. The van der Waals surface area contributed by atoms with Gasteiger partial charge in [0.2, 0.25) is 5.91 Å². The predicted molar refractivity (Wildman–Crippen MR) is 67.0 cm³/mol. The molecule has 1 aliphatic carbocycles. The normalized spacial score (nSPS) is 21.8. The van der Waals surface area contributed by atoms with Crippen molar-refractivity contribution >= 4 is 5.91 Å². The van der Waals surface area contributed by atoms with E-state index >= 15 is 0 Å². The molecule has 0 aliphatic heterocycles. The lowest BCUT2D eigenvalue weighted by Crippen LogP contribution is -2.35. The van der Waals surface area contributed by atoms with E-state index in [9.17, 15) is 4.79 Å². The highest BCUT2D eigenvalue weighted by atomic mass is 16.1. The topological polar surface area (TPSA) is 55.1 Å². The molecule has 92 valence electrons. The van der Waals surface area contributed by atoms with Crippen LogP contribution in [-0.2, 0) is 4.79 Å². The van der Waals surface area contributed by atoms with Crippen molar-refractivity contribution in [2.24, 2.45) is 11.7 Å². The van der Waals surface area contributed by atoms with Crippen molar-refractivity contribution in [2.45, 2.75) is 51.5 Å². The maximum Gasteiger partial charge on any atom is 0.220 e. The van der Waals surface area contributed by atoms with Crippen molar-refractivity contribution in [2.75, 3.05) is 6.54 Å². The van der Waals surface area contributed by atoms with Gasteiger partial charge in [0.1, 0.15) is 0 Å². The van der Waals surface area contributed by atoms with Gasteiger partial charge in [0, 0.05) is 12.5 Å². The number of carbonyl (C=O) groups excluding carboxylic acids is 1. The SMILES string of the molecule is CC(CCN)CCC(=O)NC1CC=CCC1. The van der Waals surface area contributed by atoms with Gasteiger partial charge in [-0.05, 0) is 44.6 Å². The van der Waals surface area contributed by atoms with Gasteiger partial charge in [0.15, 0.2) is 0 Å². The molecule has 0 aromatic rings. The Bertz CT molecular complexity index is 238. The smallest absolute Gasteiger partial charge is 0.220 e. The number of allylic oxidation sites excluding steroid dienone is 1. The van der Waals surface area contributed by atoms with Crippen molar-refractivity contribution in [3.05, 3.63) is 12.2 Å². The average molecular weight is 224 g/mol. The van der Waals surface area contributed by atoms with Crippen LogP contribution in [0.3, 0.4) is 0 Å². The molecule has 2 unspecified atom stereocenters. The lowest BCUT2D eigenvalue weighted by Gasteiger charge is -2.19. The van der Waals surface area contributed by atoms with Gasteiger partial charge in [-0.15, -0.1) is 0 Å². The number of nitrogens with one attached hydrogen (secondary N) is 1. The maximum atomic E-state index is 11.7. The molecule has 0 aromatic carbocycles. The third kappa shape index (κ3) is 5.31. The molecular weight excluding hydrogens is 200 g/mol. The first-order valence-corrected chi connectivity index (χ1v) is 6.36. The Morgan fingerprint density at radius 3 is 2.94 bits per heavy atom. The van der Waals surface area contributed by atoms with Crippen LogP contribution in [0.4, 0.5) is 0 Å². The van der Waals surface area contributed by atoms with Gasteiger partial charge in [-0.3, -0.25) is 4.79 Å². The first kappa shape index (κ1) is 13.2. The molecule has 3 nitrogen and oxygen atoms in total. The molecule has 0 aromatic heterocycles. The predicted octanol–water partition coefficient (Wildman–Crippen LogP) is 1.98. The molecule has 16 heavy (non-hydrogen) atoms. The van der Waals surface area contributed by atoms with Gasteiger partial charge in [-0.1, -0.05) is 19.1 Å². The highest BCUT2D eigenvalue weighted by Gasteiger charge is 2.13. The van der Waals surface area contributed by atoms with Gasteiger partial charge >= 0.3 is 0 Å². The van der Waals surface area contributed by atoms with Crippen LogP contribution in [0.1, 0.15) is 45.4 Å². The van der Waals surface area contributed by atoms with Crippen LogP contribution in [0.2, 0.25) is 0 Å². The van der Waals surface area contributed by atoms with Crippen LogP contribution in [0.25, 0.3) is 0 Å². The Kier molecular flexibility index (Phi) is 6.16. The zero-order chi connectivity index (χ0) is 11.8. The summed E-state index contributed by atoms with van der Waals surface area (Å²) in [7, 11) is 0. The summed E-state index contributed by atoms with van der Waals surface area (Å²) >= 11 is 0. The molecule has 3 N–H and O–H groups in total. The summed E-state index contributed by atoms with van der Waals surface area (Å²) in [6.07, 6.45) is 10.1. The summed E-state index contributed by atoms with van der Waals surface area (Å²) in [5, 5.41) is 3.09. The monoisotopic (exact) mass is 224 g/mol. The molecule has 1 amide bonds. The van der Waals surface area contributed by atoms with E-state index in [4.69, 9.17) is 5.73 Å². The summed E-state index contributed by atoms with van der Waals surface area (Å²) in [4.78, 5) is 11.7. The average Bonchev–Trinajstić information content (AvgIpc) is 2.28. The first-order chi connectivity index (χ1) is 7.72. The Hall–Kier alpha value is -0.830. The van der Waals surface area contributed by atoms with E-state index in [0.717, 1.165) is 38.6 Å². The van der Waals surface area contributed by atoms with Crippen molar-refractivity contribution < 1.29 is 4.79 Å². The van der Waals surface area contributed by atoms with Crippen LogP contribution < -0.4 is 11.1 Å². The quantitative estimate of drug-likeness (QED) is 0.678. The molecule has 1 aliphatic rings. The molecular formula is C13H24N2O. The summed E-state index contributed by atoms with van der Waals surface area (Å²) in [5.74, 6) is 0.756. The Morgan fingerprint density at radius 2 is 2.31 bits per heavy atom. The largest absolute Gasteiger partial charge is 0.353 e. The molecule has 0 heterocycles. The summed E-state index contributed by atoms with van der Waals surface area (Å²) in [6, 6.07) is 0.363. The van der Waals surface area contributed by atoms with Gasteiger partial charge in [0.25, 0.3) is 0 Å². The number of hydrogen-bond donors (Lipinski definition) is 2. The van der Waals surface area contributed by atoms with Gasteiger partial charge < -0.3 is 11.1 Å². The molecule has 2 atom stereocenters. The number of carbonyl (C=O) groups is 1. The fourth-order valence-corrected chi connectivity index (χ4v) is 2.03. The standard InChI is InChI=1S/C13H24N2O/c1-11(9-10-14)7-8-13(16)15-12-5-3-2-4-6-12/h2-3,11-12H,4-10,14H2,1H3,(H,15,16). The van der Waals surface area contributed by atoms with Crippen LogP contribution in [0, 0.1) is 5.92 Å². The summed E-state index contributed by atoms with van der Waals surface area (Å²) < 4.78 is 0. The summed E-state index contributed by atoms with van der Waals surface area (Å²) in [5.41, 5.74) is 5.48. The van der Waals surface area contributed by atoms with Crippen molar-refractivity contribution in [1.29, 1.82) is 0 Å². The fraction of sp³-hybridized carbons (Fsp3) is 0.769. The van der Waals surface area contributed by atoms with E-state index in [1.54, 1.807) is 0 Å². The lowest BCUT2D eigenvalue weighted by atomic mass is 10.00. The molecule has 0 saturated carbocycles. The Balaban J connectivity index is 2.12. The number of hydrogen-bond acceptors (Lipinski definition) is 2. The van der Waals surface area contributed by atoms with Crippen molar-refractivity contribution in [3.8, 4) is 0 Å². The second-order valence-corrected chi connectivity index (χ2v) is 4.77. The van der Waals surface area contributed by atoms with Gasteiger partial charge in [0.05, 0.1) is 0 Å². The molecule has 1 rings (SSSR count). The first-order valence-electron chi connectivity index (χ1n) is 6.36. The molecule has 3 heteroatoms. The van der Waals surface area contributed by atoms with Crippen LogP contribution in [0.5, 0.6) is 0 Å². The highest BCUT2D eigenvalue weighted by molar-refractivity contribution is 5.76. The molecule has 0 saturated heterocycles. The van der Waals surface area contributed by atoms with Gasteiger partial charge in [-0.2, -0.15) is 0 Å². The second-order valence-electron chi connectivity index (χ2n) is 4.77. The van der Waals surface area contributed by atoms with E-state index in [2.05, 4.69) is 24.4 Å². The molecule has 0 radical (unpaired) electrons. The molecule has 0 fully saturated rings. The highest BCUT2D eigenvalue weighted by Crippen LogP contribution is 2.12. The number of rotatable bonds is 6. The van der Waals surface area contributed by atoms with Crippen LogP contribution >= 0.6 is 0 Å². The van der Waals surface area contributed by atoms with Crippen LogP contribution in [-0.4, -0.2) is 18.5 Å². The van der Waals surface area contributed by atoms with E-state index in [0.29, 0.717) is 18.4 Å². The fourth-order valence-electron chi connectivity index (χ4n) is 2.03. The minimum Gasteiger partial charge on any atom is -0.353 e. The van der Waals surface area contributed by atoms with Gasteiger partial charge in [-0.25, -0.2) is 0 Å². The van der Waals surface area contributed by atoms with E-state index in [-0.39, 0.29) is 5.91 Å². The number of nitrogens with two attached hydrogens (primary N) is 1. The van der Waals surface area contributed by atoms with E-state index in [1.165, 1.54) is 0 Å².